The van der Waals surface area contributed by atoms with Gasteiger partial charge in [0, 0.05) is 13.1 Å². The van der Waals surface area contributed by atoms with Crippen molar-refractivity contribution >= 4 is 33.3 Å². The van der Waals surface area contributed by atoms with Crippen molar-refractivity contribution in [1.29, 1.82) is 0 Å². The number of nitrogens with zero attached hydrogens (tertiary/aromatic N) is 1. The molecular formula is C28H29F3N2O7S. The highest BCUT2D eigenvalue weighted by Crippen LogP contribution is 2.33. The lowest BCUT2D eigenvalue weighted by atomic mass is 9.90. The van der Waals surface area contributed by atoms with Gasteiger partial charge in [-0.25, -0.2) is 18.0 Å². The highest BCUT2D eigenvalue weighted by atomic mass is 32.2. The van der Waals surface area contributed by atoms with Gasteiger partial charge in [0.15, 0.2) is 0 Å². The van der Waals surface area contributed by atoms with Gasteiger partial charge < -0.3 is 19.8 Å². The van der Waals surface area contributed by atoms with Crippen LogP contribution in [0.4, 0.5) is 24.5 Å². The van der Waals surface area contributed by atoms with Crippen LogP contribution in [0.5, 0.6) is 5.75 Å². The summed E-state index contributed by atoms with van der Waals surface area (Å²) in [6, 6.07) is 21.0. The number of hydrogen-bond acceptors (Lipinski definition) is 6. The van der Waals surface area contributed by atoms with Crippen molar-refractivity contribution in [2.45, 2.75) is 30.3 Å². The molecule has 4 rings (SSSR count). The molecule has 0 spiro atoms. The molecule has 0 amide bonds. The third-order valence-corrected chi connectivity index (χ3v) is 7.80. The van der Waals surface area contributed by atoms with Crippen molar-refractivity contribution in [3.63, 3.8) is 0 Å². The fourth-order valence-electron chi connectivity index (χ4n) is 4.31. The van der Waals surface area contributed by atoms with E-state index in [1.807, 2.05) is 6.07 Å². The molecule has 3 aromatic carbocycles. The van der Waals surface area contributed by atoms with Crippen LogP contribution >= 0.6 is 0 Å². The fraction of sp³-hybridized carbons (Fsp3) is 0.286. The Kier molecular flexibility index (Phi) is 10.2. The number of methoxy groups -OCH3 is 1. The van der Waals surface area contributed by atoms with E-state index in [0.717, 1.165) is 32.4 Å². The first-order valence-electron chi connectivity index (χ1n) is 12.4. The summed E-state index contributed by atoms with van der Waals surface area (Å²) in [5.41, 5.74) is 2.28. The fourth-order valence-corrected chi connectivity index (χ4v) is 5.38. The molecule has 220 valence electrons. The molecule has 3 aromatic rings. The molecule has 1 heterocycles. The number of carboxylic acids is 2. The van der Waals surface area contributed by atoms with Gasteiger partial charge in [-0.1, -0.05) is 30.3 Å². The van der Waals surface area contributed by atoms with Crippen LogP contribution in [0.3, 0.4) is 0 Å². The molecule has 41 heavy (non-hydrogen) atoms. The lowest BCUT2D eigenvalue weighted by molar-refractivity contribution is -0.192. The number of hydrogen-bond donors (Lipinski definition) is 3. The maximum Gasteiger partial charge on any atom is 0.490 e. The Morgan fingerprint density at radius 1 is 0.976 bits per heavy atom. The van der Waals surface area contributed by atoms with Crippen LogP contribution in [-0.2, 0) is 21.2 Å². The number of carboxylic acid groups (broad SMARTS) is 2. The van der Waals surface area contributed by atoms with E-state index in [9.17, 15) is 31.5 Å². The molecular weight excluding hydrogens is 565 g/mol. The van der Waals surface area contributed by atoms with Gasteiger partial charge in [0.2, 0.25) is 0 Å². The van der Waals surface area contributed by atoms with Crippen molar-refractivity contribution in [1.82, 2.24) is 0 Å². The monoisotopic (exact) mass is 594 g/mol. The summed E-state index contributed by atoms with van der Waals surface area (Å²) in [5.74, 6) is -2.77. The molecule has 1 saturated heterocycles. The molecule has 13 heteroatoms. The molecule has 9 nitrogen and oxygen atoms in total. The smallest absolute Gasteiger partial charge is 0.490 e. The van der Waals surface area contributed by atoms with Crippen molar-refractivity contribution in [2.75, 3.05) is 29.8 Å². The van der Waals surface area contributed by atoms with E-state index < -0.39 is 28.1 Å². The lowest BCUT2D eigenvalue weighted by Gasteiger charge is -2.35. The van der Waals surface area contributed by atoms with E-state index in [0.29, 0.717) is 17.4 Å². The van der Waals surface area contributed by atoms with Crippen LogP contribution in [0.1, 0.15) is 28.8 Å². The maximum absolute atomic E-state index is 13.1. The van der Waals surface area contributed by atoms with E-state index in [1.54, 1.807) is 18.2 Å². The van der Waals surface area contributed by atoms with E-state index in [4.69, 9.17) is 14.6 Å². The maximum atomic E-state index is 13.1. The minimum Gasteiger partial charge on any atom is -0.497 e. The Morgan fingerprint density at radius 2 is 1.56 bits per heavy atom. The Labute approximate surface area is 235 Å². The van der Waals surface area contributed by atoms with E-state index in [-0.39, 0.29) is 16.1 Å². The minimum absolute atomic E-state index is 0.0233. The van der Waals surface area contributed by atoms with Crippen LogP contribution in [0, 0.1) is 5.92 Å². The van der Waals surface area contributed by atoms with Crippen LogP contribution in [0.25, 0.3) is 0 Å². The molecule has 0 aromatic heterocycles. The van der Waals surface area contributed by atoms with Crippen LogP contribution in [0.15, 0.2) is 77.7 Å². The molecule has 0 radical (unpaired) electrons. The molecule has 0 atom stereocenters. The van der Waals surface area contributed by atoms with Crippen molar-refractivity contribution < 1.29 is 46.1 Å². The number of benzene rings is 3. The predicted octanol–water partition coefficient (Wildman–Crippen LogP) is 5.29. The first kappa shape index (κ1) is 31.3. The number of nitrogens with one attached hydrogen (secondary N) is 1. The second-order valence-corrected chi connectivity index (χ2v) is 10.9. The van der Waals surface area contributed by atoms with E-state index in [2.05, 4.69) is 33.9 Å². The number of carbonyl (C=O) groups is 2. The van der Waals surface area contributed by atoms with Crippen molar-refractivity contribution in [3.05, 3.63) is 83.9 Å². The molecule has 0 bridgehead atoms. The lowest BCUT2D eigenvalue weighted by Crippen LogP contribution is -2.35. The molecule has 0 aliphatic carbocycles. The van der Waals surface area contributed by atoms with Gasteiger partial charge in [0.1, 0.15) is 5.75 Å². The number of aliphatic carboxylic acids is 1. The van der Waals surface area contributed by atoms with Gasteiger partial charge in [0.05, 0.1) is 28.9 Å². The average Bonchev–Trinajstić information content (AvgIpc) is 2.94. The van der Waals surface area contributed by atoms with Gasteiger partial charge in [-0.3, -0.25) is 4.72 Å². The number of halogens is 3. The number of anilines is 2. The van der Waals surface area contributed by atoms with Gasteiger partial charge in [0.25, 0.3) is 10.0 Å². The highest BCUT2D eigenvalue weighted by molar-refractivity contribution is 7.92. The highest BCUT2D eigenvalue weighted by Gasteiger charge is 2.38. The number of ether oxygens (including phenoxy) is 1. The van der Waals surface area contributed by atoms with Crippen LogP contribution in [-0.4, -0.2) is 56.9 Å². The topological polar surface area (TPSA) is 133 Å². The van der Waals surface area contributed by atoms with Gasteiger partial charge >= 0.3 is 18.1 Å². The Hall–Kier alpha value is -4.26. The molecule has 3 N–H and O–H groups in total. The van der Waals surface area contributed by atoms with Gasteiger partial charge in [-0.2, -0.15) is 13.2 Å². The zero-order valence-electron chi connectivity index (χ0n) is 22.0. The second kappa shape index (κ2) is 13.4. The number of piperidine rings is 1. The number of aromatic carboxylic acids is 1. The molecule has 0 unspecified atom stereocenters. The summed E-state index contributed by atoms with van der Waals surface area (Å²) in [6.07, 6.45) is -2.12. The Bertz CT molecular complexity index is 1440. The van der Waals surface area contributed by atoms with Gasteiger partial charge in [-0.15, -0.1) is 0 Å². The molecule has 1 fully saturated rings. The first-order chi connectivity index (χ1) is 19.3. The summed E-state index contributed by atoms with van der Waals surface area (Å²) < 4.78 is 65.6. The zero-order chi connectivity index (χ0) is 30.2. The summed E-state index contributed by atoms with van der Waals surface area (Å²) in [4.78, 5) is 22.6. The normalized spacial score (nSPS) is 14.0. The summed E-state index contributed by atoms with van der Waals surface area (Å²) >= 11 is 0. The van der Waals surface area contributed by atoms with Crippen LogP contribution in [0.2, 0.25) is 0 Å². The van der Waals surface area contributed by atoms with E-state index in [1.165, 1.54) is 36.9 Å². The Morgan fingerprint density at radius 3 is 2.07 bits per heavy atom. The minimum atomic E-state index is -5.08. The quantitative estimate of drug-likeness (QED) is 0.321. The second-order valence-electron chi connectivity index (χ2n) is 9.24. The SMILES string of the molecule is COc1ccc(S(=O)(=O)Nc2cc(C(=O)O)ccc2N2CCC(Cc3ccccc3)CC2)cc1.O=C(O)C(F)(F)F. The van der Waals surface area contributed by atoms with E-state index >= 15 is 0 Å². The van der Waals surface area contributed by atoms with Crippen molar-refractivity contribution in [3.8, 4) is 5.75 Å². The summed E-state index contributed by atoms with van der Waals surface area (Å²) in [7, 11) is -2.41. The van der Waals surface area contributed by atoms with Gasteiger partial charge in [-0.05, 0) is 73.2 Å². The Balaban J connectivity index is 0.000000587. The zero-order valence-corrected chi connectivity index (χ0v) is 22.8. The third-order valence-electron chi connectivity index (χ3n) is 6.42. The predicted molar refractivity (Wildman–Crippen MR) is 146 cm³/mol. The average molecular weight is 595 g/mol. The van der Waals surface area contributed by atoms with Crippen molar-refractivity contribution in [2.24, 2.45) is 5.92 Å². The summed E-state index contributed by atoms with van der Waals surface area (Å²) in [5, 5.41) is 16.6. The first-order valence-corrected chi connectivity index (χ1v) is 13.9. The molecule has 0 saturated carbocycles. The standard InChI is InChI=1S/C26H28N2O5S.C2HF3O2/c1-33-22-8-10-23(11-9-22)34(31,32)27-24-18-21(26(29)30)7-12-25(24)28-15-13-20(14-16-28)17-19-5-3-2-4-6-19;3-2(4,5)1(6)7/h2-12,18,20,27H,13-17H2,1H3,(H,29,30);(H,6,7). The molecule has 1 aliphatic heterocycles. The largest absolute Gasteiger partial charge is 0.497 e. The number of alkyl halides is 3. The number of sulfonamides is 1. The third kappa shape index (κ3) is 8.87. The number of rotatable bonds is 8. The summed E-state index contributed by atoms with van der Waals surface area (Å²) in [6.45, 7) is 1.53. The van der Waals surface area contributed by atoms with Crippen LogP contribution < -0.4 is 14.4 Å². The molecule has 1 aliphatic rings.